The number of hydrogen-bond acceptors (Lipinski definition) is 4. The quantitative estimate of drug-likeness (QED) is 0.308. The van der Waals surface area contributed by atoms with E-state index in [1.807, 2.05) is 67.6 Å². The largest absolute Gasteiger partial charge is 0.410 e. The molecule has 0 radical (unpaired) electrons. The third-order valence-corrected chi connectivity index (χ3v) is 8.15. The molecule has 0 saturated carbocycles. The van der Waals surface area contributed by atoms with Crippen molar-refractivity contribution in [3.8, 4) is 0 Å². The van der Waals surface area contributed by atoms with Gasteiger partial charge in [-0.3, -0.25) is 9.69 Å². The molecule has 0 aliphatic carbocycles. The van der Waals surface area contributed by atoms with Crippen LogP contribution in [-0.4, -0.2) is 57.8 Å². The van der Waals surface area contributed by atoms with Gasteiger partial charge >= 0.3 is 6.18 Å². The fraction of sp³-hybridized carbons (Fsp3) is 0.312. The molecule has 2 aliphatic rings. The Morgan fingerprint density at radius 1 is 0.878 bits per heavy atom. The van der Waals surface area contributed by atoms with Gasteiger partial charge in [0.1, 0.15) is 11.4 Å². The first-order valence-electron chi connectivity index (χ1n) is 13.9. The second-order valence-electron chi connectivity index (χ2n) is 10.8. The lowest BCUT2D eigenvalue weighted by atomic mass is 9.95. The van der Waals surface area contributed by atoms with Crippen LogP contribution in [0.1, 0.15) is 57.2 Å². The average molecular weight is 560 g/mol. The molecule has 3 aromatic carbocycles. The van der Waals surface area contributed by atoms with Crippen LogP contribution in [0.25, 0.3) is 0 Å². The summed E-state index contributed by atoms with van der Waals surface area (Å²) in [6, 6.07) is 25.6. The van der Waals surface area contributed by atoms with Crippen molar-refractivity contribution in [1.82, 2.24) is 19.6 Å². The first-order chi connectivity index (χ1) is 19.8. The van der Waals surface area contributed by atoms with Gasteiger partial charge in [0.05, 0.1) is 18.3 Å². The monoisotopic (exact) mass is 559 g/mol. The molecule has 1 N–H and O–H groups in total. The number of alkyl halides is 3. The number of rotatable bonds is 5. The molecule has 0 unspecified atom stereocenters. The zero-order chi connectivity index (χ0) is 28.6. The zero-order valence-corrected chi connectivity index (χ0v) is 22.8. The van der Waals surface area contributed by atoms with Crippen molar-refractivity contribution >= 4 is 11.7 Å². The Kier molecular flexibility index (Phi) is 7.30. The summed E-state index contributed by atoms with van der Waals surface area (Å²) >= 11 is 0. The molecule has 41 heavy (non-hydrogen) atoms. The van der Waals surface area contributed by atoms with Gasteiger partial charge in [-0.15, -0.1) is 0 Å². The number of aromatic nitrogens is 2. The Balaban J connectivity index is 1.23. The Morgan fingerprint density at radius 3 is 2.02 bits per heavy atom. The van der Waals surface area contributed by atoms with E-state index in [0.717, 1.165) is 15.8 Å². The first kappa shape index (κ1) is 27.1. The van der Waals surface area contributed by atoms with Crippen LogP contribution in [0.5, 0.6) is 0 Å². The predicted octanol–water partition coefficient (Wildman–Crippen LogP) is 6.40. The Labute approximate surface area is 237 Å². The van der Waals surface area contributed by atoms with E-state index in [1.54, 1.807) is 4.90 Å². The molecule has 3 heterocycles. The van der Waals surface area contributed by atoms with Gasteiger partial charge in [-0.1, -0.05) is 90.5 Å². The van der Waals surface area contributed by atoms with Gasteiger partial charge in [0.2, 0.25) is 0 Å². The van der Waals surface area contributed by atoms with Crippen molar-refractivity contribution in [1.29, 1.82) is 0 Å². The lowest BCUT2D eigenvalue weighted by Gasteiger charge is -2.40. The number of carbonyl (C=O) groups excluding carboxylic acids is 1. The minimum Gasteiger partial charge on any atom is -0.363 e. The number of amides is 1. The highest BCUT2D eigenvalue weighted by Crippen LogP contribution is 2.44. The maximum Gasteiger partial charge on any atom is 0.410 e. The molecule has 4 aromatic rings. The number of benzene rings is 3. The summed E-state index contributed by atoms with van der Waals surface area (Å²) in [5.74, 6) is -0.178. The van der Waals surface area contributed by atoms with E-state index >= 15 is 0 Å². The van der Waals surface area contributed by atoms with Crippen LogP contribution in [0.2, 0.25) is 0 Å². The van der Waals surface area contributed by atoms with Crippen molar-refractivity contribution in [3.05, 3.63) is 119 Å². The number of fused-ring (bicyclic) bond motifs is 1. The van der Waals surface area contributed by atoms with Crippen molar-refractivity contribution in [2.24, 2.45) is 0 Å². The summed E-state index contributed by atoms with van der Waals surface area (Å²) in [5, 5.41) is 7.28. The Hall–Kier alpha value is -4.11. The highest BCUT2D eigenvalue weighted by atomic mass is 19.4. The van der Waals surface area contributed by atoms with Gasteiger partial charge in [0.25, 0.3) is 5.91 Å². The molecule has 2 atom stereocenters. The predicted molar refractivity (Wildman–Crippen MR) is 152 cm³/mol. The van der Waals surface area contributed by atoms with E-state index in [1.165, 1.54) is 17.3 Å². The molecule has 0 spiro atoms. The summed E-state index contributed by atoms with van der Waals surface area (Å²) in [4.78, 5) is 17.8. The van der Waals surface area contributed by atoms with E-state index in [2.05, 4.69) is 39.6 Å². The zero-order valence-electron chi connectivity index (χ0n) is 22.8. The fourth-order valence-corrected chi connectivity index (χ4v) is 5.97. The van der Waals surface area contributed by atoms with Gasteiger partial charge in [-0.25, -0.2) is 4.68 Å². The van der Waals surface area contributed by atoms with Gasteiger partial charge in [0.15, 0.2) is 6.04 Å². The molecule has 1 fully saturated rings. The third-order valence-electron chi connectivity index (χ3n) is 8.15. The molecular formula is C32H32F3N5O. The normalized spacial score (nSPS) is 19.6. The van der Waals surface area contributed by atoms with Crippen LogP contribution in [0.3, 0.4) is 0 Å². The van der Waals surface area contributed by atoms with Gasteiger partial charge in [0, 0.05) is 32.6 Å². The average Bonchev–Trinajstić information content (AvgIpc) is 3.42. The molecule has 1 aromatic heterocycles. The molecule has 6 nitrogen and oxygen atoms in total. The summed E-state index contributed by atoms with van der Waals surface area (Å²) in [7, 11) is 0. The highest BCUT2D eigenvalue weighted by molar-refractivity contribution is 5.99. The lowest BCUT2D eigenvalue weighted by molar-refractivity contribution is -0.173. The maximum absolute atomic E-state index is 14.1. The lowest BCUT2D eigenvalue weighted by Crippen LogP contribution is -2.50. The summed E-state index contributed by atoms with van der Waals surface area (Å²) in [6.07, 6.45) is -3.42. The number of aryl methyl sites for hydroxylation is 1. The molecule has 6 rings (SSSR count). The van der Waals surface area contributed by atoms with Crippen LogP contribution in [0.4, 0.5) is 19.0 Å². The number of carbonyl (C=O) groups is 1. The van der Waals surface area contributed by atoms with E-state index in [9.17, 15) is 18.0 Å². The Bertz CT molecular complexity index is 1440. The first-order valence-corrected chi connectivity index (χ1v) is 13.9. The highest BCUT2D eigenvalue weighted by Gasteiger charge is 2.47. The maximum atomic E-state index is 14.1. The second kappa shape index (κ2) is 11.0. The molecule has 212 valence electrons. The van der Waals surface area contributed by atoms with E-state index in [0.29, 0.717) is 26.2 Å². The van der Waals surface area contributed by atoms with Crippen LogP contribution in [-0.2, 0) is 0 Å². The topological polar surface area (TPSA) is 53.4 Å². The molecule has 1 amide bonds. The molecule has 9 heteroatoms. The van der Waals surface area contributed by atoms with Crippen molar-refractivity contribution < 1.29 is 18.0 Å². The minimum absolute atomic E-state index is 0.0445. The SMILES string of the molecule is Cc1ccc([C@@H]2C[C@H](C(F)(F)F)n3ncc(C(=O)N4CCN(C(c5ccccc5)c5ccccc5)CC4)c3N2)cc1. The van der Waals surface area contributed by atoms with Crippen LogP contribution in [0.15, 0.2) is 91.1 Å². The molecule has 0 bridgehead atoms. The van der Waals surface area contributed by atoms with Crippen LogP contribution < -0.4 is 5.32 Å². The standard InChI is InChI=1S/C32H32F3N5O/c1-22-12-14-23(15-13-22)27-20-28(32(33,34)35)40-30(37-27)26(21-36-40)31(41)39-18-16-38(17-19-39)29(24-8-4-2-5-9-24)25-10-6-3-7-11-25/h2-15,21,27-29,37H,16-20H2,1H3/t27-,28+/m0/s1. The number of piperazine rings is 1. The molecule has 1 saturated heterocycles. The minimum atomic E-state index is -4.50. The summed E-state index contributed by atoms with van der Waals surface area (Å²) in [5.41, 5.74) is 4.30. The van der Waals surface area contributed by atoms with Gasteiger partial charge < -0.3 is 10.2 Å². The Morgan fingerprint density at radius 2 is 1.46 bits per heavy atom. The number of hydrogen-bond donors (Lipinski definition) is 1. The summed E-state index contributed by atoms with van der Waals surface area (Å²) in [6.45, 7) is 4.13. The van der Waals surface area contributed by atoms with Crippen LogP contribution >= 0.6 is 0 Å². The van der Waals surface area contributed by atoms with E-state index < -0.39 is 18.3 Å². The summed E-state index contributed by atoms with van der Waals surface area (Å²) < 4.78 is 43.4. The fourth-order valence-electron chi connectivity index (χ4n) is 5.97. The number of nitrogens with one attached hydrogen (secondary N) is 1. The van der Waals surface area contributed by atoms with Gasteiger partial charge in [-0.2, -0.15) is 18.3 Å². The van der Waals surface area contributed by atoms with Crippen molar-refractivity contribution in [2.45, 2.75) is 37.6 Å². The van der Waals surface area contributed by atoms with Crippen LogP contribution in [0, 0.1) is 6.92 Å². The second-order valence-corrected chi connectivity index (χ2v) is 10.8. The van der Waals surface area contributed by atoms with Crippen molar-refractivity contribution in [3.63, 3.8) is 0 Å². The van der Waals surface area contributed by atoms with E-state index in [4.69, 9.17) is 0 Å². The van der Waals surface area contributed by atoms with E-state index in [-0.39, 0.29) is 29.8 Å². The number of anilines is 1. The molecule has 2 aliphatic heterocycles. The third kappa shape index (κ3) is 5.46. The van der Waals surface area contributed by atoms with Gasteiger partial charge in [-0.05, 0) is 23.6 Å². The number of nitrogens with zero attached hydrogens (tertiary/aromatic N) is 4. The molecular weight excluding hydrogens is 527 g/mol. The smallest absolute Gasteiger partial charge is 0.363 e. The van der Waals surface area contributed by atoms with Crippen molar-refractivity contribution in [2.75, 3.05) is 31.5 Å². The number of halogens is 3.